The predicted octanol–water partition coefficient (Wildman–Crippen LogP) is 5.79. The van der Waals surface area contributed by atoms with Gasteiger partial charge in [0.2, 0.25) is 5.91 Å². The molecule has 0 aromatic heterocycles. The van der Waals surface area contributed by atoms with Crippen LogP contribution in [0.15, 0.2) is 125 Å². The highest BCUT2D eigenvalue weighted by Gasteiger charge is 2.29. The molecule has 1 amide bonds. The van der Waals surface area contributed by atoms with Crippen LogP contribution in [-0.4, -0.2) is 36.4 Å². The van der Waals surface area contributed by atoms with Gasteiger partial charge in [-0.25, -0.2) is 16.8 Å². The minimum atomic E-state index is -4.16. The number of methoxy groups -OCH3 is 1. The molecule has 5 aromatic carbocycles. The van der Waals surface area contributed by atoms with Crippen LogP contribution in [0.5, 0.6) is 5.75 Å². The molecule has 43 heavy (non-hydrogen) atoms. The van der Waals surface area contributed by atoms with Gasteiger partial charge in [0, 0.05) is 11.1 Å². The molecule has 0 radical (unpaired) electrons. The lowest BCUT2D eigenvalue weighted by Gasteiger charge is -2.25. The third-order valence-corrected chi connectivity index (χ3v) is 9.89. The Morgan fingerprint density at radius 3 is 2.09 bits per heavy atom. The van der Waals surface area contributed by atoms with Gasteiger partial charge in [0.05, 0.1) is 28.3 Å². The van der Waals surface area contributed by atoms with Crippen molar-refractivity contribution in [1.29, 1.82) is 0 Å². The number of hydrogen-bond donors (Lipinski definition) is 2. The number of benzene rings is 5. The van der Waals surface area contributed by atoms with Crippen molar-refractivity contribution < 1.29 is 26.4 Å². The summed E-state index contributed by atoms with van der Waals surface area (Å²) in [4.78, 5) is 13.2. The van der Waals surface area contributed by atoms with Gasteiger partial charge in [-0.3, -0.25) is 13.8 Å². The van der Waals surface area contributed by atoms with Crippen LogP contribution >= 0.6 is 0 Å². The highest BCUT2D eigenvalue weighted by atomic mass is 32.2. The van der Waals surface area contributed by atoms with Crippen LogP contribution in [0.4, 0.5) is 17.1 Å². The third-order valence-electron chi connectivity index (χ3n) is 6.73. The molecule has 0 bridgehead atoms. The number of rotatable bonds is 10. The van der Waals surface area contributed by atoms with E-state index in [1.807, 2.05) is 37.3 Å². The van der Waals surface area contributed by atoms with E-state index in [1.54, 1.807) is 48.5 Å². The Balaban J connectivity index is 1.36. The highest BCUT2D eigenvalue weighted by molar-refractivity contribution is 7.93. The lowest BCUT2D eigenvalue weighted by atomic mass is 10.1. The molecule has 0 fully saturated rings. The van der Waals surface area contributed by atoms with Crippen LogP contribution in [0, 0.1) is 6.92 Å². The van der Waals surface area contributed by atoms with E-state index >= 15 is 0 Å². The summed E-state index contributed by atoms with van der Waals surface area (Å²) in [5.74, 6) is -0.356. The average Bonchev–Trinajstić information content (AvgIpc) is 3.00. The van der Waals surface area contributed by atoms with E-state index in [4.69, 9.17) is 4.74 Å². The molecule has 0 unspecified atom stereocenters. The molecular weight excluding hydrogens is 587 g/mol. The first-order valence-corrected chi connectivity index (χ1v) is 16.1. The highest BCUT2D eigenvalue weighted by Crippen LogP contribution is 2.32. The standard InChI is InChI=1S/C32H29N3O6S2/c1-23-14-18-27(19-15-23)43(39,40)35(30-12-5-6-13-31(30)41-2)22-32(36)33-25-16-20-26(21-17-25)42(37,38)34-29-11-7-9-24-8-3-4-10-28(24)29/h3-21,34H,22H2,1-2H3,(H,33,36). The van der Waals surface area contributed by atoms with Crippen LogP contribution in [0.2, 0.25) is 0 Å². The first-order chi connectivity index (χ1) is 20.6. The van der Waals surface area contributed by atoms with Crippen molar-refractivity contribution in [3.63, 3.8) is 0 Å². The molecule has 0 aliphatic carbocycles. The van der Waals surface area contributed by atoms with Crippen molar-refractivity contribution in [3.8, 4) is 5.75 Å². The Hall–Kier alpha value is -4.87. The monoisotopic (exact) mass is 615 g/mol. The zero-order valence-electron chi connectivity index (χ0n) is 23.4. The maximum atomic E-state index is 13.7. The molecule has 0 aliphatic rings. The number of fused-ring (bicyclic) bond motifs is 1. The second-order valence-electron chi connectivity index (χ2n) is 9.70. The number of carbonyl (C=O) groups is 1. The van der Waals surface area contributed by atoms with E-state index in [-0.39, 0.29) is 21.2 Å². The minimum absolute atomic E-state index is 0.00368. The van der Waals surface area contributed by atoms with Crippen LogP contribution < -0.4 is 19.1 Å². The molecule has 5 aromatic rings. The average molecular weight is 616 g/mol. The molecule has 9 nitrogen and oxygen atoms in total. The number of aryl methyl sites for hydroxylation is 1. The van der Waals surface area contributed by atoms with E-state index in [2.05, 4.69) is 10.0 Å². The van der Waals surface area contributed by atoms with E-state index in [1.165, 1.54) is 43.5 Å². The number of para-hydroxylation sites is 2. The number of nitrogens with zero attached hydrogens (tertiary/aromatic N) is 1. The van der Waals surface area contributed by atoms with Crippen molar-refractivity contribution in [2.24, 2.45) is 0 Å². The summed E-state index contributed by atoms with van der Waals surface area (Å²) in [6.07, 6.45) is 0. The Labute approximate surface area is 250 Å². The van der Waals surface area contributed by atoms with Crippen LogP contribution in [0.1, 0.15) is 5.56 Å². The van der Waals surface area contributed by atoms with Crippen molar-refractivity contribution in [3.05, 3.63) is 121 Å². The summed E-state index contributed by atoms with van der Waals surface area (Å²) in [7, 11) is -6.67. The number of nitrogens with one attached hydrogen (secondary N) is 2. The van der Waals surface area contributed by atoms with Gasteiger partial charge < -0.3 is 10.1 Å². The molecule has 220 valence electrons. The minimum Gasteiger partial charge on any atom is -0.495 e. The van der Waals surface area contributed by atoms with Gasteiger partial charge in [0.15, 0.2) is 0 Å². The maximum Gasteiger partial charge on any atom is 0.264 e. The quantitative estimate of drug-likeness (QED) is 0.205. The second-order valence-corrected chi connectivity index (χ2v) is 13.2. The lowest BCUT2D eigenvalue weighted by Crippen LogP contribution is -2.38. The Kier molecular flexibility index (Phi) is 8.38. The fourth-order valence-electron chi connectivity index (χ4n) is 4.54. The number of amides is 1. The largest absolute Gasteiger partial charge is 0.495 e. The van der Waals surface area contributed by atoms with Gasteiger partial charge >= 0.3 is 0 Å². The predicted molar refractivity (Wildman–Crippen MR) is 169 cm³/mol. The van der Waals surface area contributed by atoms with Crippen molar-refractivity contribution in [2.45, 2.75) is 16.7 Å². The third kappa shape index (κ3) is 6.47. The number of anilines is 3. The Morgan fingerprint density at radius 2 is 1.37 bits per heavy atom. The van der Waals surface area contributed by atoms with E-state index < -0.39 is 32.5 Å². The van der Waals surface area contributed by atoms with Gasteiger partial charge in [-0.15, -0.1) is 0 Å². The van der Waals surface area contributed by atoms with Crippen molar-refractivity contribution in [2.75, 3.05) is 28.0 Å². The fraction of sp³-hybridized carbons (Fsp3) is 0.0938. The SMILES string of the molecule is COc1ccccc1N(CC(=O)Nc1ccc(S(=O)(=O)Nc2cccc3ccccc23)cc1)S(=O)(=O)c1ccc(C)cc1. The van der Waals surface area contributed by atoms with E-state index in [0.29, 0.717) is 11.4 Å². The van der Waals surface area contributed by atoms with Gasteiger partial charge in [-0.1, -0.05) is 66.2 Å². The zero-order chi connectivity index (χ0) is 30.6. The first-order valence-electron chi connectivity index (χ1n) is 13.2. The van der Waals surface area contributed by atoms with E-state index in [9.17, 15) is 21.6 Å². The van der Waals surface area contributed by atoms with Crippen LogP contribution in [0.25, 0.3) is 10.8 Å². The van der Waals surface area contributed by atoms with Gasteiger partial charge in [-0.2, -0.15) is 0 Å². The maximum absolute atomic E-state index is 13.7. The molecule has 2 N–H and O–H groups in total. The number of ether oxygens (including phenoxy) is 1. The summed E-state index contributed by atoms with van der Waals surface area (Å²) in [5, 5.41) is 4.32. The lowest BCUT2D eigenvalue weighted by molar-refractivity contribution is -0.114. The number of hydrogen-bond acceptors (Lipinski definition) is 6. The smallest absolute Gasteiger partial charge is 0.264 e. The topological polar surface area (TPSA) is 122 Å². The molecular formula is C32H29N3O6S2. The zero-order valence-corrected chi connectivity index (χ0v) is 25.0. The summed E-state index contributed by atoms with van der Waals surface area (Å²) >= 11 is 0. The molecule has 0 atom stereocenters. The van der Waals surface area contributed by atoms with E-state index in [0.717, 1.165) is 20.6 Å². The molecule has 0 heterocycles. The molecule has 0 saturated heterocycles. The molecule has 0 saturated carbocycles. The van der Waals surface area contributed by atoms with Gasteiger partial charge in [-0.05, 0) is 66.9 Å². The Morgan fingerprint density at radius 1 is 0.744 bits per heavy atom. The molecule has 11 heteroatoms. The first kappa shape index (κ1) is 29.6. The second kappa shape index (κ2) is 12.2. The fourth-order valence-corrected chi connectivity index (χ4v) is 7.05. The summed E-state index contributed by atoms with van der Waals surface area (Å²) in [6, 6.07) is 31.2. The normalized spacial score (nSPS) is 11.6. The Bertz CT molecular complexity index is 1990. The van der Waals surface area contributed by atoms with Crippen LogP contribution in [-0.2, 0) is 24.8 Å². The number of sulfonamides is 2. The van der Waals surface area contributed by atoms with Gasteiger partial charge in [0.25, 0.3) is 20.0 Å². The molecule has 0 spiro atoms. The van der Waals surface area contributed by atoms with Crippen LogP contribution in [0.3, 0.4) is 0 Å². The molecule has 0 aliphatic heterocycles. The summed E-state index contributed by atoms with van der Waals surface area (Å²) < 4.78 is 62.7. The van der Waals surface area contributed by atoms with Crippen molar-refractivity contribution >= 4 is 53.8 Å². The number of carbonyl (C=O) groups excluding carboxylic acids is 1. The summed E-state index contributed by atoms with van der Waals surface area (Å²) in [6.45, 7) is 1.29. The molecule has 5 rings (SSSR count). The van der Waals surface area contributed by atoms with Crippen molar-refractivity contribution in [1.82, 2.24) is 0 Å². The summed E-state index contributed by atoms with van der Waals surface area (Å²) in [5.41, 5.74) is 1.82. The van der Waals surface area contributed by atoms with Gasteiger partial charge in [0.1, 0.15) is 12.3 Å².